The molecule has 1 heterocycles. The van der Waals surface area contributed by atoms with Crippen molar-refractivity contribution in [2.75, 3.05) is 26.2 Å². The summed E-state index contributed by atoms with van der Waals surface area (Å²) in [4.78, 5) is 2.55. The molecule has 1 aliphatic heterocycles. The maximum Gasteiger partial charge on any atom is 0.00915 e. The highest BCUT2D eigenvalue weighted by Crippen LogP contribution is 2.11. The van der Waals surface area contributed by atoms with Gasteiger partial charge in [-0.15, -0.1) is 0 Å². The summed E-state index contributed by atoms with van der Waals surface area (Å²) in [5.41, 5.74) is 0. The Hall–Kier alpha value is -0.0800. The predicted octanol–water partition coefficient (Wildman–Crippen LogP) is 2.50. The standard InChI is InChI=1S/C13H28N2/c1-4-6-12(3)11-14-13-7-9-15(5-2)10-8-13/h12-14H,4-11H2,1-3H3. The van der Waals surface area contributed by atoms with Crippen LogP contribution in [0.2, 0.25) is 0 Å². The lowest BCUT2D eigenvalue weighted by atomic mass is 10.0. The summed E-state index contributed by atoms with van der Waals surface area (Å²) in [5, 5.41) is 3.72. The molecule has 1 saturated heterocycles. The zero-order valence-corrected chi connectivity index (χ0v) is 10.8. The average molecular weight is 212 g/mol. The average Bonchev–Trinajstić information content (AvgIpc) is 2.27. The van der Waals surface area contributed by atoms with Crippen molar-refractivity contribution >= 4 is 0 Å². The van der Waals surface area contributed by atoms with Crippen molar-refractivity contribution in [2.45, 2.75) is 52.5 Å². The molecule has 0 radical (unpaired) electrons. The molecule has 1 rings (SSSR count). The van der Waals surface area contributed by atoms with Gasteiger partial charge in [-0.1, -0.05) is 27.2 Å². The van der Waals surface area contributed by atoms with E-state index in [-0.39, 0.29) is 0 Å². The van der Waals surface area contributed by atoms with Gasteiger partial charge in [-0.05, 0) is 51.4 Å². The lowest BCUT2D eigenvalue weighted by Gasteiger charge is -2.32. The zero-order chi connectivity index (χ0) is 11.1. The Labute approximate surface area is 95.4 Å². The van der Waals surface area contributed by atoms with Crippen LogP contribution in [0, 0.1) is 5.92 Å². The molecule has 2 heteroatoms. The van der Waals surface area contributed by atoms with Gasteiger partial charge in [-0.3, -0.25) is 0 Å². The molecule has 0 aromatic rings. The van der Waals surface area contributed by atoms with Crippen LogP contribution in [0.3, 0.4) is 0 Å². The Morgan fingerprint density at radius 2 is 1.93 bits per heavy atom. The molecular weight excluding hydrogens is 184 g/mol. The molecule has 2 nitrogen and oxygen atoms in total. The van der Waals surface area contributed by atoms with Crippen molar-refractivity contribution in [2.24, 2.45) is 5.92 Å². The number of hydrogen-bond donors (Lipinski definition) is 1. The largest absolute Gasteiger partial charge is 0.314 e. The number of rotatable bonds is 6. The maximum atomic E-state index is 3.72. The van der Waals surface area contributed by atoms with E-state index in [9.17, 15) is 0 Å². The summed E-state index contributed by atoms with van der Waals surface area (Å²) in [6.07, 6.45) is 5.36. The first-order valence-corrected chi connectivity index (χ1v) is 6.72. The lowest BCUT2D eigenvalue weighted by molar-refractivity contribution is 0.203. The van der Waals surface area contributed by atoms with E-state index < -0.39 is 0 Å². The number of piperidine rings is 1. The van der Waals surface area contributed by atoms with Crippen molar-refractivity contribution in [1.29, 1.82) is 0 Å². The first-order valence-electron chi connectivity index (χ1n) is 6.72. The van der Waals surface area contributed by atoms with Crippen molar-refractivity contribution in [3.63, 3.8) is 0 Å². The summed E-state index contributed by atoms with van der Waals surface area (Å²) >= 11 is 0. The number of nitrogens with zero attached hydrogens (tertiary/aromatic N) is 1. The second kappa shape index (κ2) is 7.24. The van der Waals surface area contributed by atoms with Crippen molar-refractivity contribution in [3.8, 4) is 0 Å². The van der Waals surface area contributed by atoms with Gasteiger partial charge >= 0.3 is 0 Å². The van der Waals surface area contributed by atoms with E-state index in [1.807, 2.05) is 0 Å². The van der Waals surface area contributed by atoms with Crippen LogP contribution in [0.4, 0.5) is 0 Å². The summed E-state index contributed by atoms with van der Waals surface area (Å²) in [6, 6.07) is 0.784. The van der Waals surface area contributed by atoms with Crippen molar-refractivity contribution in [1.82, 2.24) is 10.2 Å². The fourth-order valence-electron chi connectivity index (χ4n) is 2.42. The van der Waals surface area contributed by atoms with Crippen LogP contribution >= 0.6 is 0 Å². The van der Waals surface area contributed by atoms with Crippen LogP contribution in [-0.2, 0) is 0 Å². The van der Waals surface area contributed by atoms with Gasteiger partial charge in [0.05, 0.1) is 0 Å². The Morgan fingerprint density at radius 3 is 2.47 bits per heavy atom. The van der Waals surface area contributed by atoms with Gasteiger partial charge in [-0.25, -0.2) is 0 Å². The summed E-state index contributed by atoms with van der Waals surface area (Å²) in [5.74, 6) is 0.846. The second-order valence-corrected chi connectivity index (χ2v) is 5.01. The molecule has 0 aromatic carbocycles. The second-order valence-electron chi connectivity index (χ2n) is 5.01. The highest BCUT2D eigenvalue weighted by Gasteiger charge is 2.17. The number of likely N-dealkylation sites (tertiary alicyclic amines) is 1. The Balaban J connectivity index is 2.08. The minimum absolute atomic E-state index is 0.784. The van der Waals surface area contributed by atoms with Crippen molar-refractivity contribution in [3.05, 3.63) is 0 Å². The molecule has 1 fully saturated rings. The maximum absolute atomic E-state index is 3.72. The molecule has 0 bridgehead atoms. The third kappa shape index (κ3) is 4.98. The summed E-state index contributed by atoms with van der Waals surface area (Å²) in [7, 11) is 0. The molecule has 0 saturated carbocycles. The van der Waals surface area contributed by atoms with E-state index in [1.54, 1.807) is 0 Å². The third-order valence-electron chi connectivity index (χ3n) is 3.57. The predicted molar refractivity (Wildman–Crippen MR) is 67.2 cm³/mol. The Kier molecular flexibility index (Phi) is 6.26. The first kappa shape index (κ1) is 13.0. The van der Waals surface area contributed by atoms with E-state index >= 15 is 0 Å². The fourth-order valence-corrected chi connectivity index (χ4v) is 2.42. The molecular formula is C13H28N2. The van der Waals surface area contributed by atoms with Crippen LogP contribution in [0.15, 0.2) is 0 Å². The Bertz CT molecular complexity index is 151. The third-order valence-corrected chi connectivity index (χ3v) is 3.57. The normalized spacial score (nSPS) is 21.8. The molecule has 1 atom stereocenters. The molecule has 0 aliphatic carbocycles. The molecule has 1 aliphatic rings. The van der Waals surface area contributed by atoms with Crippen LogP contribution in [0.5, 0.6) is 0 Å². The highest BCUT2D eigenvalue weighted by molar-refractivity contribution is 4.77. The zero-order valence-electron chi connectivity index (χ0n) is 10.8. The quantitative estimate of drug-likeness (QED) is 0.728. The molecule has 15 heavy (non-hydrogen) atoms. The van der Waals surface area contributed by atoms with Crippen LogP contribution in [0.1, 0.15) is 46.5 Å². The van der Waals surface area contributed by atoms with Crippen LogP contribution in [0.25, 0.3) is 0 Å². The minimum atomic E-state index is 0.784. The minimum Gasteiger partial charge on any atom is -0.314 e. The van der Waals surface area contributed by atoms with E-state index in [2.05, 4.69) is 31.0 Å². The smallest absolute Gasteiger partial charge is 0.00915 e. The molecule has 0 spiro atoms. The van der Waals surface area contributed by atoms with Gasteiger partial charge in [0.15, 0.2) is 0 Å². The van der Waals surface area contributed by atoms with Crippen molar-refractivity contribution < 1.29 is 0 Å². The Morgan fingerprint density at radius 1 is 1.27 bits per heavy atom. The van der Waals surface area contributed by atoms with E-state index in [0.717, 1.165) is 12.0 Å². The van der Waals surface area contributed by atoms with Gasteiger partial charge in [-0.2, -0.15) is 0 Å². The lowest BCUT2D eigenvalue weighted by Crippen LogP contribution is -2.43. The van der Waals surface area contributed by atoms with Crippen LogP contribution in [-0.4, -0.2) is 37.1 Å². The van der Waals surface area contributed by atoms with E-state index in [1.165, 1.54) is 51.9 Å². The number of nitrogens with one attached hydrogen (secondary N) is 1. The van der Waals surface area contributed by atoms with E-state index in [4.69, 9.17) is 0 Å². The monoisotopic (exact) mass is 212 g/mol. The van der Waals surface area contributed by atoms with Gasteiger partial charge in [0.2, 0.25) is 0 Å². The van der Waals surface area contributed by atoms with Gasteiger partial charge in [0, 0.05) is 6.04 Å². The summed E-state index contributed by atoms with van der Waals surface area (Å²) in [6.45, 7) is 11.9. The molecule has 90 valence electrons. The molecule has 1 N–H and O–H groups in total. The first-order chi connectivity index (χ1) is 7.26. The molecule has 1 unspecified atom stereocenters. The van der Waals surface area contributed by atoms with Crippen LogP contribution < -0.4 is 5.32 Å². The van der Waals surface area contributed by atoms with Gasteiger partial charge < -0.3 is 10.2 Å². The molecule has 0 aromatic heterocycles. The van der Waals surface area contributed by atoms with E-state index in [0.29, 0.717) is 0 Å². The fraction of sp³-hybridized carbons (Fsp3) is 1.00. The highest BCUT2D eigenvalue weighted by atomic mass is 15.1. The summed E-state index contributed by atoms with van der Waals surface area (Å²) < 4.78 is 0. The SMILES string of the molecule is CCCC(C)CNC1CCN(CC)CC1. The van der Waals surface area contributed by atoms with Gasteiger partial charge in [0.25, 0.3) is 0 Å². The molecule has 0 amide bonds. The topological polar surface area (TPSA) is 15.3 Å². The number of hydrogen-bond acceptors (Lipinski definition) is 2. The van der Waals surface area contributed by atoms with Gasteiger partial charge in [0.1, 0.15) is 0 Å².